The molecule has 1 saturated heterocycles. The third-order valence-electron chi connectivity index (χ3n) is 5.56. The predicted molar refractivity (Wildman–Crippen MR) is 124 cm³/mol. The van der Waals surface area contributed by atoms with Crippen molar-refractivity contribution in [1.29, 1.82) is 0 Å². The molecule has 3 aromatic rings. The second-order valence-corrected chi connectivity index (χ2v) is 9.86. The molecule has 0 radical (unpaired) electrons. The van der Waals surface area contributed by atoms with E-state index in [0.29, 0.717) is 12.2 Å². The molecular weight excluding hydrogens is 458 g/mol. The molecule has 0 aliphatic carbocycles. The smallest absolute Gasteiger partial charge is 0.265 e. The van der Waals surface area contributed by atoms with Gasteiger partial charge in [0, 0.05) is 45.5 Å². The Balaban J connectivity index is 1.33. The monoisotopic (exact) mass is 483 g/mol. The lowest BCUT2D eigenvalue weighted by Crippen LogP contribution is -2.50. The average Bonchev–Trinajstić information content (AvgIpc) is 3.45. The van der Waals surface area contributed by atoms with Gasteiger partial charge in [-0.1, -0.05) is 35.5 Å². The zero-order valence-electron chi connectivity index (χ0n) is 18.6. The number of nitrogens with two attached hydrogens (primary N) is 1. The Hall–Kier alpha value is -3.77. The van der Waals surface area contributed by atoms with Gasteiger partial charge in [0.25, 0.3) is 5.91 Å². The number of hydrogen-bond acceptors (Lipinski definition) is 6. The van der Waals surface area contributed by atoms with Crippen molar-refractivity contribution in [2.45, 2.75) is 11.4 Å². The predicted octanol–water partition coefficient (Wildman–Crippen LogP) is 0.310. The number of carbonyl (C=O) groups is 2. The van der Waals surface area contributed by atoms with Gasteiger partial charge in [-0.25, -0.2) is 13.1 Å². The molecule has 2 amide bonds. The molecule has 1 aliphatic heterocycles. The highest BCUT2D eigenvalue weighted by Gasteiger charge is 2.31. The van der Waals surface area contributed by atoms with E-state index in [-0.39, 0.29) is 42.7 Å². The average molecular weight is 484 g/mol. The molecule has 3 heterocycles. The fourth-order valence-corrected chi connectivity index (χ4v) is 5.21. The summed E-state index contributed by atoms with van der Waals surface area (Å²) in [6, 6.07) is 11.1. The van der Waals surface area contributed by atoms with Crippen molar-refractivity contribution in [3.8, 4) is 0 Å². The standard InChI is InChI=1S/C22H25N7O4S/c1-26-16-19(13-20(26)22(23)31)34(32,33)29-11-9-27(10-12-29)21(30)8-7-18-15-28(25-24-18)14-17-5-3-2-4-6-17/h2-8,13,15-16H,9-12,14H2,1H3,(H2,23,31)/b8-7+. The number of piperazine rings is 1. The number of aromatic nitrogens is 4. The van der Waals surface area contributed by atoms with Gasteiger partial charge in [-0.05, 0) is 17.7 Å². The molecule has 2 N–H and O–H groups in total. The maximum Gasteiger partial charge on any atom is 0.265 e. The summed E-state index contributed by atoms with van der Waals surface area (Å²) >= 11 is 0. The van der Waals surface area contributed by atoms with Crippen molar-refractivity contribution in [3.05, 3.63) is 71.8 Å². The minimum absolute atomic E-state index is 0.00191. The van der Waals surface area contributed by atoms with Crippen LogP contribution in [0.15, 0.2) is 59.8 Å². The highest BCUT2D eigenvalue weighted by atomic mass is 32.2. The molecule has 2 aromatic heterocycles. The number of primary amides is 1. The fourth-order valence-electron chi connectivity index (χ4n) is 3.72. The van der Waals surface area contributed by atoms with Gasteiger partial charge in [0.15, 0.2) is 0 Å². The Morgan fingerprint density at radius 1 is 1.09 bits per heavy atom. The zero-order valence-corrected chi connectivity index (χ0v) is 19.4. The number of carbonyl (C=O) groups excluding carboxylic acids is 2. The summed E-state index contributed by atoms with van der Waals surface area (Å²) in [6.45, 7) is 1.37. The van der Waals surface area contributed by atoms with Crippen molar-refractivity contribution >= 4 is 27.9 Å². The van der Waals surface area contributed by atoms with Crippen LogP contribution in [0.4, 0.5) is 0 Å². The molecule has 11 nitrogen and oxygen atoms in total. The van der Waals surface area contributed by atoms with E-state index in [1.807, 2.05) is 30.3 Å². The molecular formula is C22H25N7O4S. The Bertz CT molecular complexity index is 1320. The van der Waals surface area contributed by atoms with Crippen molar-refractivity contribution in [3.63, 3.8) is 0 Å². The SMILES string of the molecule is Cn1cc(S(=O)(=O)N2CCN(C(=O)/C=C/c3cn(Cc4ccccc4)nn3)CC2)cc1C(N)=O. The lowest BCUT2D eigenvalue weighted by atomic mass is 10.2. The summed E-state index contributed by atoms with van der Waals surface area (Å²) in [5, 5.41) is 8.13. The van der Waals surface area contributed by atoms with Gasteiger partial charge in [0.2, 0.25) is 15.9 Å². The van der Waals surface area contributed by atoms with Crippen molar-refractivity contribution in [1.82, 2.24) is 28.8 Å². The van der Waals surface area contributed by atoms with Crippen molar-refractivity contribution < 1.29 is 18.0 Å². The molecule has 1 aromatic carbocycles. The molecule has 34 heavy (non-hydrogen) atoms. The largest absolute Gasteiger partial charge is 0.364 e. The normalized spacial score (nSPS) is 15.1. The van der Waals surface area contributed by atoms with Crippen LogP contribution in [0, 0.1) is 0 Å². The van der Waals surface area contributed by atoms with Gasteiger partial charge >= 0.3 is 0 Å². The third kappa shape index (κ3) is 5.07. The van der Waals surface area contributed by atoms with E-state index in [9.17, 15) is 18.0 Å². The molecule has 0 saturated carbocycles. The number of amides is 2. The van der Waals surface area contributed by atoms with Crippen LogP contribution < -0.4 is 5.73 Å². The van der Waals surface area contributed by atoms with E-state index in [1.165, 1.54) is 27.2 Å². The Morgan fingerprint density at radius 2 is 1.79 bits per heavy atom. The summed E-state index contributed by atoms with van der Waals surface area (Å²) in [7, 11) is -2.24. The number of sulfonamides is 1. The lowest BCUT2D eigenvalue weighted by molar-refractivity contribution is -0.127. The first-order valence-electron chi connectivity index (χ1n) is 10.6. The van der Waals surface area contributed by atoms with E-state index in [0.717, 1.165) is 5.56 Å². The first-order valence-corrected chi connectivity index (χ1v) is 12.1. The van der Waals surface area contributed by atoms with E-state index >= 15 is 0 Å². The molecule has 1 fully saturated rings. The topological polar surface area (TPSA) is 136 Å². The van der Waals surface area contributed by atoms with Gasteiger partial charge in [0.1, 0.15) is 16.3 Å². The Labute approximate surface area is 197 Å². The molecule has 0 atom stereocenters. The number of benzene rings is 1. The summed E-state index contributed by atoms with van der Waals surface area (Å²) in [5.74, 6) is -0.934. The number of nitrogens with zero attached hydrogens (tertiary/aromatic N) is 6. The van der Waals surface area contributed by atoms with Crippen LogP contribution in [0.25, 0.3) is 6.08 Å². The second-order valence-electron chi connectivity index (χ2n) is 7.93. The molecule has 0 spiro atoms. The van der Waals surface area contributed by atoms with Crippen LogP contribution in [0.3, 0.4) is 0 Å². The molecule has 4 rings (SSSR count). The van der Waals surface area contributed by atoms with Crippen molar-refractivity contribution in [2.75, 3.05) is 26.2 Å². The van der Waals surface area contributed by atoms with Gasteiger partial charge in [-0.2, -0.15) is 4.31 Å². The van der Waals surface area contributed by atoms with E-state index in [2.05, 4.69) is 10.3 Å². The van der Waals surface area contributed by atoms with Crippen LogP contribution in [0.2, 0.25) is 0 Å². The maximum absolute atomic E-state index is 12.9. The highest BCUT2D eigenvalue weighted by molar-refractivity contribution is 7.89. The quantitative estimate of drug-likeness (QED) is 0.480. The zero-order chi connectivity index (χ0) is 24.3. The lowest BCUT2D eigenvalue weighted by Gasteiger charge is -2.33. The van der Waals surface area contributed by atoms with Gasteiger partial charge < -0.3 is 15.2 Å². The molecule has 12 heteroatoms. The maximum atomic E-state index is 12.9. The first-order chi connectivity index (χ1) is 16.2. The number of hydrogen-bond donors (Lipinski definition) is 1. The number of rotatable bonds is 7. The Morgan fingerprint density at radius 3 is 2.44 bits per heavy atom. The summed E-state index contributed by atoms with van der Waals surface area (Å²) in [6.07, 6.45) is 6.12. The van der Waals surface area contributed by atoms with E-state index in [4.69, 9.17) is 5.73 Å². The number of aryl methyl sites for hydroxylation is 1. The minimum Gasteiger partial charge on any atom is -0.364 e. The van der Waals surface area contributed by atoms with Gasteiger partial charge in [0.05, 0.1) is 12.7 Å². The molecule has 0 unspecified atom stereocenters. The van der Waals surface area contributed by atoms with E-state index in [1.54, 1.807) is 28.9 Å². The van der Waals surface area contributed by atoms with E-state index < -0.39 is 15.9 Å². The van der Waals surface area contributed by atoms with Gasteiger partial charge in [-0.3, -0.25) is 9.59 Å². The van der Waals surface area contributed by atoms with Crippen LogP contribution in [0.1, 0.15) is 21.7 Å². The minimum atomic E-state index is -3.80. The molecule has 0 bridgehead atoms. The fraction of sp³-hybridized carbons (Fsp3) is 0.273. The highest BCUT2D eigenvalue weighted by Crippen LogP contribution is 2.20. The Kier molecular flexibility index (Phi) is 6.61. The molecule has 1 aliphatic rings. The van der Waals surface area contributed by atoms with Crippen LogP contribution in [0.5, 0.6) is 0 Å². The van der Waals surface area contributed by atoms with Crippen LogP contribution in [-0.4, -0.2) is 75.2 Å². The summed E-state index contributed by atoms with van der Waals surface area (Å²) in [4.78, 5) is 25.6. The van der Waals surface area contributed by atoms with Crippen LogP contribution >= 0.6 is 0 Å². The van der Waals surface area contributed by atoms with Crippen molar-refractivity contribution in [2.24, 2.45) is 12.8 Å². The van der Waals surface area contributed by atoms with Gasteiger partial charge in [-0.15, -0.1) is 5.10 Å². The summed E-state index contributed by atoms with van der Waals surface area (Å²) in [5.41, 5.74) is 7.03. The molecule has 178 valence electrons. The third-order valence-corrected chi connectivity index (χ3v) is 7.42. The van der Waals surface area contributed by atoms with Crippen LogP contribution in [-0.2, 0) is 28.4 Å². The summed E-state index contributed by atoms with van der Waals surface area (Å²) < 4.78 is 30.2. The second kappa shape index (κ2) is 9.61. The first kappa shape index (κ1) is 23.4.